The highest BCUT2D eigenvalue weighted by Crippen LogP contribution is 2.33. The molecule has 14 nitrogen and oxygen atoms in total. The number of anilines is 1. The molecule has 1 fully saturated rings. The number of fused-ring (bicyclic) bond motifs is 1. The Morgan fingerprint density at radius 3 is 2.40 bits per heavy atom. The lowest BCUT2D eigenvalue weighted by molar-refractivity contribution is -0.251. The maximum absolute atomic E-state index is 12.9. The van der Waals surface area contributed by atoms with Crippen LogP contribution in [0.4, 0.5) is 5.82 Å². The molecule has 2 aliphatic heterocycles. The van der Waals surface area contributed by atoms with Crippen LogP contribution in [0.5, 0.6) is 0 Å². The SMILES string of the molecule is Cc1nc(C)c2c(n1)N(Cc1ccc(-c3ccccc3-c3nnn(C4OC(C(=O)O)C(O)C(O)C4O)n3)cc1)C(=O)CC2. The number of benzene rings is 2. The van der Waals surface area contributed by atoms with Crippen LogP contribution in [0.25, 0.3) is 22.5 Å². The van der Waals surface area contributed by atoms with Gasteiger partial charge in [-0.25, -0.2) is 14.8 Å². The molecule has 43 heavy (non-hydrogen) atoms. The molecule has 0 spiro atoms. The lowest BCUT2D eigenvalue weighted by atomic mass is 9.97. The molecule has 5 unspecified atom stereocenters. The van der Waals surface area contributed by atoms with E-state index in [2.05, 4.69) is 25.4 Å². The quantitative estimate of drug-likeness (QED) is 0.250. The number of hydrogen-bond donors (Lipinski definition) is 4. The summed E-state index contributed by atoms with van der Waals surface area (Å²) in [6.07, 6.45) is -7.59. The van der Waals surface area contributed by atoms with Crippen LogP contribution in [0.3, 0.4) is 0 Å². The largest absolute Gasteiger partial charge is 0.479 e. The third kappa shape index (κ3) is 5.25. The second-order valence-electron chi connectivity index (χ2n) is 10.6. The fourth-order valence-corrected chi connectivity index (χ4v) is 5.48. The molecule has 5 atom stereocenters. The highest BCUT2D eigenvalue weighted by molar-refractivity contribution is 5.95. The number of aromatic nitrogens is 6. The Morgan fingerprint density at radius 2 is 1.67 bits per heavy atom. The van der Waals surface area contributed by atoms with Gasteiger partial charge in [0.15, 0.2) is 6.10 Å². The minimum Gasteiger partial charge on any atom is -0.479 e. The van der Waals surface area contributed by atoms with Crippen molar-refractivity contribution >= 4 is 17.7 Å². The molecule has 222 valence electrons. The number of aryl methyl sites for hydroxylation is 2. The van der Waals surface area contributed by atoms with Crippen molar-refractivity contribution in [1.82, 2.24) is 30.2 Å². The predicted molar refractivity (Wildman–Crippen MR) is 149 cm³/mol. The van der Waals surface area contributed by atoms with Crippen molar-refractivity contribution in [2.24, 2.45) is 0 Å². The van der Waals surface area contributed by atoms with Crippen LogP contribution in [0.15, 0.2) is 48.5 Å². The van der Waals surface area contributed by atoms with Crippen LogP contribution in [-0.4, -0.2) is 86.9 Å². The van der Waals surface area contributed by atoms with E-state index in [0.717, 1.165) is 32.7 Å². The molecule has 0 bridgehead atoms. The summed E-state index contributed by atoms with van der Waals surface area (Å²) < 4.78 is 5.31. The van der Waals surface area contributed by atoms with Crippen LogP contribution in [0, 0.1) is 13.8 Å². The number of nitrogens with zero attached hydrogens (tertiary/aromatic N) is 7. The van der Waals surface area contributed by atoms with E-state index < -0.39 is 36.6 Å². The molecule has 1 amide bonds. The smallest absolute Gasteiger partial charge is 0.335 e. The molecule has 2 aromatic carbocycles. The van der Waals surface area contributed by atoms with Crippen LogP contribution < -0.4 is 4.90 Å². The fourth-order valence-electron chi connectivity index (χ4n) is 5.48. The zero-order chi connectivity index (χ0) is 30.4. The van der Waals surface area contributed by atoms with Gasteiger partial charge in [0.25, 0.3) is 0 Å². The fraction of sp³-hybridized carbons (Fsp3) is 0.345. The Balaban J connectivity index is 1.25. The van der Waals surface area contributed by atoms with Gasteiger partial charge in [-0.05, 0) is 42.2 Å². The van der Waals surface area contributed by atoms with E-state index in [-0.39, 0.29) is 11.7 Å². The van der Waals surface area contributed by atoms with Gasteiger partial charge in [-0.1, -0.05) is 48.5 Å². The molecule has 4 heterocycles. The number of rotatable bonds is 6. The highest BCUT2D eigenvalue weighted by atomic mass is 16.6. The highest BCUT2D eigenvalue weighted by Gasteiger charge is 2.48. The maximum Gasteiger partial charge on any atom is 0.335 e. The third-order valence-electron chi connectivity index (χ3n) is 7.71. The number of carbonyl (C=O) groups is 2. The number of aliphatic hydroxyl groups is 3. The van der Waals surface area contributed by atoms with Gasteiger partial charge in [0.05, 0.1) is 6.54 Å². The van der Waals surface area contributed by atoms with Crippen molar-refractivity contribution in [2.45, 2.75) is 63.9 Å². The number of hydrogen-bond acceptors (Lipinski definition) is 11. The molecule has 1 saturated heterocycles. The van der Waals surface area contributed by atoms with E-state index in [1.165, 1.54) is 0 Å². The standard InChI is InChI=1S/C29H29N7O7/c1-14-18-11-12-21(37)35(27(18)31-15(2)30-14)13-16-7-9-17(10-8-16)19-5-3-4-6-20(19)26-32-34-36(33-26)28-24(40)22(38)23(39)25(43-28)29(41)42/h3-10,22-25,28,38-40H,11-13H2,1-2H3,(H,41,42). The second kappa shape index (κ2) is 11.2. The van der Waals surface area contributed by atoms with Gasteiger partial charge in [0, 0.05) is 23.2 Å². The summed E-state index contributed by atoms with van der Waals surface area (Å²) in [6.45, 7) is 4.11. The summed E-state index contributed by atoms with van der Waals surface area (Å²) in [5.74, 6) is -0.0479. The van der Waals surface area contributed by atoms with E-state index in [0.29, 0.717) is 36.6 Å². The van der Waals surface area contributed by atoms with E-state index in [4.69, 9.17) is 4.74 Å². The van der Waals surface area contributed by atoms with Crippen molar-refractivity contribution in [3.8, 4) is 22.5 Å². The number of amides is 1. The number of tetrazole rings is 1. The molecule has 14 heteroatoms. The summed E-state index contributed by atoms with van der Waals surface area (Å²) >= 11 is 0. The number of ether oxygens (including phenoxy) is 1. The van der Waals surface area contributed by atoms with Gasteiger partial charge in [-0.15, -0.1) is 15.0 Å². The van der Waals surface area contributed by atoms with Gasteiger partial charge < -0.3 is 25.2 Å². The van der Waals surface area contributed by atoms with E-state index in [1.54, 1.807) is 17.0 Å². The van der Waals surface area contributed by atoms with Crippen molar-refractivity contribution in [1.29, 1.82) is 0 Å². The van der Waals surface area contributed by atoms with Crippen molar-refractivity contribution in [2.75, 3.05) is 4.90 Å². The Bertz CT molecular complexity index is 1690. The van der Waals surface area contributed by atoms with Gasteiger partial charge in [0.2, 0.25) is 18.0 Å². The van der Waals surface area contributed by atoms with Gasteiger partial charge >= 0.3 is 5.97 Å². The number of carbonyl (C=O) groups excluding carboxylic acids is 1. The first-order chi connectivity index (χ1) is 20.6. The first kappa shape index (κ1) is 28.5. The lowest BCUT2D eigenvalue weighted by Gasteiger charge is -2.37. The third-order valence-corrected chi connectivity index (χ3v) is 7.71. The number of carboxylic acid groups (broad SMARTS) is 1. The monoisotopic (exact) mass is 587 g/mol. The number of aliphatic hydroxyl groups excluding tert-OH is 3. The van der Waals surface area contributed by atoms with Gasteiger partial charge in [-0.2, -0.15) is 0 Å². The minimum atomic E-state index is -1.83. The second-order valence-corrected chi connectivity index (χ2v) is 10.6. The zero-order valence-electron chi connectivity index (χ0n) is 23.3. The first-order valence-electron chi connectivity index (χ1n) is 13.7. The minimum absolute atomic E-state index is 0.0114. The van der Waals surface area contributed by atoms with Crippen molar-refractivity contribution in [3.05, 3.63) is 71.2 Å². The lowest BCUT2D eigenvalue weighted by Crippen LogP contribution is -2.58. The molecule has 2 aliphatic rings. The molecule has 4 aromatic rings. The van der Waals surface area contributed by atoms with Crippen LogP contribution in [0.2, 0.25) is 0 Å². The topological polar surface area (TPSA) is 197 Å². The molecular weight excluding hydrogens is 558 g/mol. The summed E-state index contributed by atoms with van der Waals surface area (Å²) in [4.78, 5) is 36.0. The van der Waals surface area contributed by atoms with Crippen molar-refractivity contribution in [3.63, 3.8) is 0 Å². The Kier molecular flexibility index (Phi) is 7.43. The molecule has 0 saturated carbocycles. The van der Waals surface area contributed by atoms with E-state index >= 15 is 0 Å². The van der Waals surface area contributed by atoms with Crippen molar-refractivity contribution < 1.29 is 34.8 Å². The molecule has 0 aliphatic carbocycles. The van der Waals surface area contributed by atoms with Crippen LogP contribution in [-0.2, 0) is 27.3 Å². The molecule has 2 aromatic heterocycles. The zero-order valence-corrected chi connectivity index (χ0v) is 23.3. The molecular formula is C29H29N7O7. The average molecular weight is 588 g/mol. The summed E-state index contributed by atoms with van der Waals surface area (Å²) in [5, 5.41) is 52.2. The van der Waals surface area contributed by atoms with Crippen LogP contribution in [0.1, 0.15) is 35.3 Å². The maximum atomic E-state index is 12.9. The molecule has 4 N–H and O–H groups in total. The average Bonchev–Trinajstić information content (AvgIpc) is 3.47. The molecule has 6 rings (SSSR count). The van der Waals surface area contributed by atoms with Gasteiger partial charge in [-0.3, -0.25) is 9.69 Å². The Labute approximate surface area is 245 Å². The van der Waals surface area contributed by atoms with Crippen LogP contribution >= 0.6 is 0 Å². The van der Waals surface area contributed by atoms with E-state index in [1.807, 2.05) is 50.2 Å². The number of carboxylic acids is 1. The normalized spacial score (nSPS) is 23.7. The summed E-state index contributed by atoms with van der Waals surface area (Å²) in [5.41, 5.74) is 5.01. The molecule has 0 radical (unpaired) electrons. The predicted octanol–water partition coefficient (Wildman–Crippen LogP) is 0.958. The Hall–Kier alpha value is -4.63. The van der Waals surface area contributed by atoms with Gasteiger partial charge in [0.1, 0.15) is 30.0 Å². The Morgan fingerprint density at radius 1 is 0.953 bits per heavy atom. The summed E-state index contributed by atoms with van der Waals surface area (Å²) in [7, 11) is 0. The number of aliphatic carboxylic acids is 1. The van der Waals surface area contributed by atoms with E-state index in [9.17, 15) is 30.0 Å². The summed E-state index contributed by atoms with van der Waals surface area (Å²) in [6, 6.07) is 15.0. The first-order valence-corrected chi connectivity index (χ1v) is 13.7.